The molecule has 0 aliphatic carbocycles. The van der Waals surface area contributed by atoms with Crippen molar-refractivity contribution < 1.29 is 14.7 Å². The molecule has 2 amide bonds. The number of rotatable bonds is 4. The Bertz CT molecular complexity index is 328. The summed E-state index contributed by atoms with van der Waals surface area (Å²) in [7, 11) is 0. The number of likely N-dealkylation sites (tertiary alicyclic amines) is 1. The van der Waals surface area contributed by atoms with Crippen LogP contribution >= 0.6 is 0 Å². The molecule has 0 saturated carbocycles. The van der Waals surface area contributed by atoms with E-state index in [2.05, 4.69) is 6.58 Å². The zero-order valence-corrected chi connectivity index (χ0v) is 10.5. The summed E-state index contributed by atoms with van der Waals surface area (Å²) < 4.78 is 0. The smallest absolute Gasteiger partial charge is 0.326 e. The molecule has 1 atom stereocenters. The van der Waals surface area contributed by atoms with Gasteiger partial charge in [-0.1, -0.05) is 12.2 Å². The van der Waals surface area contributed by atoms with E-state index < -0.39 is 12.0 Å². The highest BCUT2D eigenvalue weighted by Gasteiger charge is 2.35. The van der Waals surface area contributed by atoms with Gasteiger partial charge in [0.1, 0.15) is 6.04 Å². The standard InChI is InChI=1S/C12H20N2O3/c1-4-13(8-9(2)3)12(17)14-7-5-6-10(14)11(15)16/h10H,2,4-8H2,1,3H3,(H,15,16)/t10-/m1/s1. The number of aliphatic carboxylic acids is 1. The molecule has 0 spiro atoms. The Morgan fingerprint density at radius 3 is 2.65 bits per heavy atom. The van der Waals surface area contributed by atoms with Crippen LogP contribution in [0.4, 0.5) is 4.79 Å². The molecule has 96 valence electrons. The molecule has 1 aliphatic heterocycles. The third-order valence-corrected chi connectivity index (χ3v) is 2.90. The van der Waals surface area contributed by atoms with Crippen LogP contribution in [0.3, 0.4) is 0 Å². The van der Waals surface area contributed by atoms with Gasteiger partial charge in [-0.3, -0.25) is 0 Å². The van der Waals surface area contributed by atoms with Crippen molar-refractivity contribution in [2.75, 3.05) is 19.6 Å². The van der Waals surface area contributed by atoms with Gasteiger partial charge in [0, 0.05) is 19.6 Å². The number of nitrogens with zero attached hydrogens (tertiary/aromatic N) is 2. The van der Waals surface area contributed by atoms with E-state index in [1.165, 1.54) is 4.90 Å². The number of amides is 2. The number of hydrogen-bond donors (Lipinski definition) is 1. The average molecular weight is 240 g/mol. The van der Waals surface area contributed by atoms with Crippen LogP contribution in [-0.2, 0) is 4.79 Å². The SMILES string of the molecule is C=C(C)CN(CC)C(=O)N1CCC[C@@H]1C(=O)O. The first kappa shape index (κ1) is 13.5. The normalized spacial score (nSPS) is 19.2. The van der Waals surface area contributed by atoms with Gasteiger partial charge in [-0.15, -0.1) is 0 Å². The van der Waals surface area contributed by atoms with Crippen molar-refractivity contribution >= 4 is 12.0 Å². The van der Waals surface area contributed by atoms with Crippen LogP contribution in [-0.4, -0.2) is 52.6 Å². The number of carbonyl (C=O) groups is 2. The number of hydrogen-bond acceptors (Lipinski definition) is 2. The fourth-order valence-electron chi connectivity index (χ4n) is 2.07. The summed E-state index contributed by atoms with van der Waals surface area (Å²) in [5.74, 6) is -0.915. The van der Waals surface area contributed by atoms with E-state index in [1.807, 2.05) is 13.8 Å². The molecule has 17 heavy (non-hydrogen) atoms. The molecule has 0 bridgehead atoms. The number of carbonyl (C=O) groups excluding carboxylic acids is 1. The molecular formula is C12H20N2O3. The van der Waals surface area contributed by atoms with Gasteiger partial charge in [0.25, 0.3) is 0 Å². The maximum Gasteiger partial charge on any atom is 0.326 e. The molecule has 0 aromatic carbocycles. The first-order chi connectivity index (χ1) is 7.97. The highest BCUT2D eigenvalue weighted by molar-refractivity contribution is 5.83. The summed E-state index contributed by atoms with van der Waals surface area (Å²) >= 11 is 0. The monoisotopic (exact) mass is 240 g/mol. The molecule has 1 aliphatic rings. The van der Waals surface area contributed by atoms with Crippen molar-refractivity contribution in [3.8, 4) is 0 Å². The largest absolute Gasteiger partial charge is 0.480 e. The van der Waals surface area contributed by atoms with E-state index in [9.17, 15) is 9.59 Å². The van der Waals surface area contributed by atoms with Crippen molar-refractivity contribution in [1.29, 1.82) is 0 Å². The molecule has 0 unspecified atom stereocenters. The maximum atomic E-state index is 12.2. The first-order valence-electron chi connectivity index (χ1n) is 5.90. The Morgan fingerprint density at radius 1 is 1.53 bits per heavy atom. The number of urea groups is 1. The van der Waals surface area contributed by atoms with Gasteiger partial charge in [0.05, 0.1) is 0 Å². The summed E-state index contributed by atoms with van der Waals surface area (Å²) in [4.78, 5) is 26.3. The van der Waals surface area contributed by atoms with Gasteiger partial charge >= 0.3 is 12.0 Å². The summed E-state index contributed by atoms with van der Waals surface area (Å²) in [5, 5.41) is 9.04. The third-order valence-electron chi connectivity index (χ3n) is 2.90. The third kappa shape index (κ3) is 3.22. The van der Waals surface area contributed by atoms with Crippen molar-refractivity contribution in [3.05, 3.63) is 12.2 Å². The van der Waals surface area contributed by atoms with Crippen LogP contribution in [0.5, 0.6) is 0 Å². The highest BCUT2D eigenvalue weighted by Crippen LogP contribution is 2.19. The Balaban J connectivity index is 2.73. The molecule has 1 fully saturated rings. The van der Waals surface area contributed by atoms with Gasteiger partial charge in [0.2, 0.25) is 0 Å². The molecule has 0 aromatic heterocycles. The van der Waals surface area contributed by atoms with E-state index in [0.717, 1.165) is 12.0 Å². The van der Waals surface area contributed by atoms with E-state index in [4.69, 9.17) is 5.11 Å². The van der Waals surface area contributed by atoms with E-state index in [1.54, 1.807) is 4.90 Å². The first-order valence-corrected chi connectivity index (χ1v) is 5.90. The minimum Gasteiger partial charge on any atom is -0.480 e. The minimum atomic E-state index is -0.915. The van der Waals surface area contributed by atoms with E-state index in [-0.39, 0.29) is 6.03 Å². The van der Waals surface area contributed by atoms with Crippen molar-refractivity contribution in [2.24, 2.45) is 0 Å². The number of carboxylic acid groups (broad SMARTS) is 1. The molecule has 5 nitrogen and oxygen atoms in total. The van der Waals surface area contributed by atoms with Crippen LogP contribution in [0.15, 0.2) is 12.2 Å². The van der Waals surface area contributed by atoms with Gasteiger partial charge in [0.15, 0.2) is 0 Å². The van der Waals surface area contributed by atoms with Crippen LogP contribution < -0.4 is 0 Å². The lowest BCUT2D eigenvalue weighted by Gasteiger charge is -2.29. The number of carboxylic acids is 1. The molecular weight excluding hydrogens is 220 g/mol. The van der Waals surface area contributed by atoms with Gasteiger partial charge < -0.3 is 14.9 Å². The number of likely N-dealkylation sites (N-methyl/N-ethyl adjacent to an activating group) is 1. The lowest BCUT2D eigenvalue weighted by atomic mass is 10.2. The Hall–Kier alpha value is -1.52. The predicted molar refractivity (Wildman–Crippen MR) is 64.8 cm³/mol. The van der Waals surface area contributed by atoms with Crippen molar-refractivity contribution in [3.63, 3.8) is 0 Å². The van der Waals surface area contributed by atoms with Gasteiger partial charge in [-0.05, 0) is 26.7 Å². The second-order valence-corrected chi connectivity index (χ2v) is 4.44. The summed E-state index contributed by atoms with van der Waals surface area (Å²) in [5.41, 5.74) is 0.895. The molecule has 1 heterocycles. The zero-order valence-electron chi connectivity index (χ0n) is 10.5. The Morgan fingerprint density at radius 2 is 2.18 bits per heavy atom. The second-order valence-electron chi connectivity index (χ2n) is 4.44. The molecule has 1 N–H and O–H groups in total. The second kappa shape index (κ2) is 5.70. The lowest BCUT2D eigenvalue weighted by molar-refractivity contribution is -0.141. The maximum absolute atomic E-state index is 12.2. The van der Waals surface area contributed by atoms with Crippen LogP contribution in [0.25, 0.3) is 0 Å². The van der Waals surface area contributed by atoms with Crippen molar-refractivity contribution in [2.45, 2.75) is 32.7 Å². The quantitative estimate of drug-likeness (QED) is 0.758. The van der Waals surface area contributed by atoms with E-state index >= 15 is 0 Å². The average Bonchev–Trinajstić information content (AvgIpc) is 2.73. The van der Waals surface area contributed by atoms with Crippen LogP contribution in [0, 0.1) is 0 Å². The van der Waals surface area contributed by atoms with Crippen LogP contribution in [0.2, 0.25) is 0 Å². The summed E-state index contributed by atoms with van der Waals surface area (Å²) in [6, 6.07) is -0.859. The minimum absolute atomic E-state index is 0.194. The summed E-state index contributed by atoms with van der Waals surface area (Å²) in [6.45, 7) is 9.09. The van der Waals surface area contributed by atoms with Gasteiger partial charge in [-0.25, -0.2) is 9.59 Å². The zero-order chi connectivity index (χ0) is 13.0. The summed E-state index contributed by atoms with van der Waals surface area (Å²) in [6.07, 6.45) is 1.30. The molecule has 5 heteroatoms. The fraction of sp³-hybridized carbons (Fsp3) is 0.667. The predicted octanol–water partition coefficient (Wildman–Crippen LogP) is 1.55. The van der Waals surface area contributed by atoms with Crippen molar-refractivity contribution in [1.82, 2.24) is 9.80 Å². The lowest BCUT2D eigenvalue weighted by Crippen LogP contribution is -2.48. The molecule has 0 aromatic rings. The fourth-order valence-corrected chi connectivity index (χ4v) is 2.07. The molecule has 1 rings (SSSR count). The molecule has 1 saturated heterocycles. The molecule has 0 radical (unpaired) electrons. The van der Waals surface area contributed by atoms with E-state index in [0.29, 0.717) is 26.1 Å². The highest BCUT2D eigenvalue weighted by atomic mass is 16.4. The Labute approximate surface area is 102 Å². The Kier molecular flexibility index (Phi) is 4.54. The topological polar surface area (TPSA) is 60.9 Å². The van der Waals surface area contributed by atoms with Crippen LogP contribution in [0.1, 0.15) is 26.7 Å². The van der Waals surface area contributed by atoms with Gasteiger partial charge in [-0.2, -0.15) is 0 Å².